The van der Waals surface area contributed by atoms with Gasteiger partial charge < -0.3 is 15.1 Å². The highest BCUT2D eigenvalue weighted by atomic mass is 32.1. The summed E-state index contributed by atoms with van der Waals surface area (Å²) < 4.78 is 5.14. The quantitative estimate of drug-likeness (QED) is 0.444. The van der Waals surface area contributed by atoms with Crippen molar-refractivity contribution in [2.45, 2.75) is 19.0 Å². The molecule has 4 rings (SSSR count). The molecule has 4 aromatic rings. The van der Waals surface area contributed by atoms with Gasteiger partial charge in [-0.3, -0.25) is 14.6 Å². The van der Waals surface area contributed by atoms with Gasteiger partial charge in [-0.15, -0.1) is 11.3 Å². The van der Waals surface area contributed by atoms with E-state index in [1.54, 1.807) is 24.5 Å². The van der Waals surface area contributed by atoms with Crippen LogP contribution in [0.4, 0.5) is 0 Å². The van der Waals surface area contributed by atoms with Crippen LogP contribution in [0.5, 0.6) is 0 Å². The largest absolute Gasteiger partial charge is 0.459 e. The van der Waals surface area contributed by atoms with E-state index >= 15 is 0 Å². The summed E-state index contributed by atoms with van der Waals surface area (Å²) in [6, 6.07) is 15.7. The number of carbonyl (C=O) groups is 2. The van der Waals surface area contributed by atoms with E-state index in [1.807, 2.05) is 47.8 Å². The maximum absolute atomic E-state index is 12.9. The molecule has 0 saturated carbocycles. The number of benzene rings is 1. The number of aromatic nitrogens is 2. The van der Waals surface area contributed by atoms with Crippen molar-refractivity contribution in [2.75, 3.05) is 0 Å². The monoisotopic (exact) mass is 432 g/mol. The van der Waals surface area contributed by atoms with Crippen molar-refractivity contribution in [1.29, 1.82) is 0 Å². The number of rotatable bonds is 8. The number of nitrogens with zero attached hydrogens (tertiary/aromatic N) is 2. The minimum Gasteiger partial charge on any atom is -0.459 e. The third kappa shape index (κ3) is 5.43. The van der Waals surface area contributed by atoms with Crippen molar-refractivity contribution < 1.29 is 14.0 Å². The van der Waals surface area contributed by atoms with E-state index in [9.17, 15) is 9.59 Å². The average molecular weight is 433 g/mol. The lowest BCUT2D eigenvalue weighted by Crippen LogP contribution is -2.47. The molecule has 0 saturated heterocycles. The van der Waals surface area contributed by atoms with E-state index in [-0.39, 0.29) is 18.2 Å². The molecule has 7 nitrogen and oxygen atoms in total. The summed E-state index contributed by atoms with van der Waals surface area (Å²) >= 11 is 1.47. The average Bonchev–Trinajstić information content (AvgIpc) is 3.51. The molecule has 0 bridgehead atoms. The van der Waals surface area contributed by atoms with Crippen LogP contribution >= 0.6 is 11.3 Å². The summed E-state index contributed by atoms with van der Waals surface area (Å²) in [6.07, 6.45) is 5.21. The van der Waals surface area contributed by atoms with E-state index in [0.29, 0.717) is 6.42 Å². The van der Waals surface area contributed by atoms with Gasteiger partial charge >= 0.3 is 0 Å². The zero-order valence-electron chi connectivity index (χ0n) is 16.5. The summed E-state index contributed by atoms with van der Waals surface area (Å²) in [5, 5.41) is 8.37. The number of amides is 2. The molecule has 0 fully saturated rings. The highest BCUT2D eigenvalue weighted by molar-refractivity contribution is 7.09. The minimum absolute atomic E-state index is 0.160. The highest BCUT2D eigenvalue weighted by Gasteiger charge is 2.23. The van der Waals surface area contributed by atoms with E-state index in [4.69, 9.17) is 4.42 Å². The maximum Gasteiger partial charge on any atom is 0.287 e. The Bertz CT molecular complexity index is 1130. The number of carbonyl (C=O) groups excluding carboxylic acids is 2. The first kappa shape index (κ1) is 20.5. The van der Waals surface area contributed by atoms with Gasteiger partial charge in [0.05, 0.1) is 18.5 Å². The number of thiazole rings is 1. The van der Waals surface area contributed by atoms with Crippen LogP contribution in [0.3, 0.4) is 0 Å². The molecular weight excluding hydrogens is 412 g/mol. The fourth-order valence-electron chi connectivity index (χ4n) is 3.03. The second-order valence-electron chi connectivity index (χ2n) is 6.77. The third-order valence-electron chi connectivity index (χ3n) is 4.59. The summed E-state index contributed by atoms with van der Waals surface area (Å²) in [4.78, 5) is 33.9. The molecule has 0 radical (unpaired) electrons. The van der Waals surface area contributed by atoms with E-state index in [1.165, 1.54) is 17.6 Å². The summed E-state index contributed by atoms with van der Waals surface area (Å²) in [5.41, 5.74) is 2.75. The second-order valence-corrected chi connectivity index (χ2v) is 7.72. The Hall–Kier alpha value is -3.78. The van der Waals surface area contributed by atoms with Crippen LogP contribution in [-0.4, -0.2) is 27.8 Å². The highest BCUT2D eigenvalue weighted by Crippen LogP contribution is 2.21. The molecule has 3 heterocycles. The zero-order valence-corrected chi connectivity index (χ0v) is 17.3. The van der Waals surface area contributed by atoms with Gasteiger partial charge in [-0.25, -0.2) is 4.98 Å². The molecule has 1 unspecified atom stereocenters. The SMILES string of the molecule is O=C(NC(Cc1ccccc1)C(=O)NCc1nc(-c2ccncc2)cs1)c1ccco1. The van der Waals surface area contributed by atoms with Gasteiger partial charge in [0.1, 0.15) is 11.0 Å². The minimum atomic E-state index is -0.750. The smallest absolute Gasteiger partial charge is 0.287 e. The summed E-state index contributed by atoms with van der Waals surface area (Å²) in [5.74, 6) is -0.562. The Balaban J connectivity index is 1.42. The van der Waals surface area contributed by atoms with Crippen LogP contribution in [-0.2, 0) is 17.8 Å². The summed E-state index contributed by atoms with van der Waals surface area (Å²) in [6.45, 7) is 0.274. The Labute approximate surface area is 183 Å². The van der Waals surface area contributed by atoms with Crippen LogP contribution in [0, 0.1) is 0 Å². The fraction of sp³-hybridized carbons (Fsp3) is 0.130. The Kier molecular flexibility index (Phi) is 6.49. The van der Waals surface area contributed by atoms with Crippen molar-refractivity contribution in [3.05, 3.63) is 95.0 Å². The van der Waals surface area contributed by atoms with Gasteiger partial charge in [-0.05, 0) is 29.8 Å². The van der Waals surface area contributed by atoms with Crippen molar-refractivity contribution in [2.24, 2.45) is 0 Å². The van der Waals surface area contributed by atoms with Crippen molar-refractivity contribution in [3.63, 3.8) is 0 Å². The molecule has 156 valence electrons. The number of furan rings is 1. The second kappa shape index (κ2) is 9.82. The molecule has 2 amide bonds. The molecule has 2 N–H and O–H groups in total. The van der Waals surface area contributed by atoms with Crippen molar-refractivity contribution in [3.8, 4) is 11.3 Å². The molecular formula is C23H20N4O3S. The molecule has 1 atom stereocenters. The van der Waals surface area contributed by atoms with Crippen LogP contribution in [0.25, 0.3) is 11.3 Å². The number of hydrogen-bond donors (Lipinski definition) is 2. The zero-order chi connectivity index (χ0) is 21.5. The first-order valence-electron chi connectivity index (χ1n) is 9.70. The topological polar surface area (TPSA) is 97.1 Å². The Morgan fingerprint density at radius 1 is 1.03 bits per heavy atom. The molecule has 1 aromatic carbocycles. The van der Waals surface area contributed by atoms with Crippen LogP contribution in [0.1, 0.15) is 21.1 Å². The fourth-order valence-corrected chi connectivity index (χ4v) is 3.77. The van der Waals surface area contributed by atoms with Gasteiger partial charge in [-0.1, -0.05) is 30.3 Å². The van der Waals surface area contributed by atoms with Crippen LogP contribution < -0.4 is 10.6 Å². The van der Waals surface area contributed by atoms with E-state index in [0.717, 1.165) is 21.8 Å². The molecule has 8 heteroatoms. The molecule has 0 aliphatic carbocycles. The Morgan fingerprint density at radius 3 is 2.58 bits per heavy atom. The van der Waals surface area contributed by atoms with Crippen LogP contribution in [0.15, 0.2) is 83.1 Å². The lowest BCUT2D eigenvalue weighted by atomic mass is 10.1. The van der Waals surface area contributed by atoms with Gasteiger partial charge in [-0.2, -0.15) is 0 Å². The number of pyridine rings is 1. The molecule has 0 spiro atoms. The van der Waals surface area contributed by atoms with E-state index < -0.39 is 11.9 Å². The van der Waals surface area contributed by atoms with Crippen molar-refractivity contribution >= 4 is 23.2 Å². The van der Waals surface area contributed by atoms with Gasteiger partial charge in [0.2, 0.25) is 5.91 Å². The predicted octanol–water partition coefficient (Wildman–Crippen LogP) is 3.46. The van der Waals surface area contributed by atoms with E-state index in [2.05, 4.69) is 20.6 Å². The van der Waals surface area contributed by atoms with Gasteiger partial charge in [0.25, 0.3) is 5.91 Å². The third-order valence-corrected chi connectivity index (χ3v) is 5.44. The molecule has 31 heavy (non-hydrogen) atoms. The predicted molar refractivity (Wildman–Crippen MR) is 117 cm³/mol. The number of nitrogens with one attached hydrogen (secondary N) is 2. The number of hydrogen-bond acceptors (Lipinski definition) is 6. The normalized spacial score (nSPS) is 11.6. The summed E-state index contributed by atoms with van der Waals surface area (Å²) in [7, 11) is 0. The first-order valence-corrected chi connectivity index (χ1v) is 10.6. The molecule has 0 aliphatic rings. The van der Waals surface area contributed by atoms with Gasteiger partial charge in [0.15, 0.2) is 5.76 Å². The Morgan fingerprint density at radius 2 is 1.84 bits per heavy atom. The maximum atomic E-state index is 12.9. The van der Waals surface area contributed by atoms with Crippen LogP contribution in [0.2, 0.25) is 0 Å². The van der Waals surface area contributed by atoms with Gasteiger partial charge in [0, 0.05) is 29.8 Å². The molecule has 3 aromatic heterocycles. The standard InChI is InChI=1S/C23H20N4O3S/c28-22(25-14-21-26-19(15-31-21)17-8-10-24-11-9-17)18(13-16-5-2-1-3-6-16)27-23(29)20-7-4-12-30-20/h1-12,15,18H,13-14H2,(H,25,28)(H,27,29). The lowest BCUT2D eigenvalue weighted by Gasteiger charge is -2.18. The lowest BCUT2D eigenvalue weighted by molar-refractivity contribution is -0.123. The molecule has 0 aliphatic heterocycles. The van der Waals surface area contributed by atoms with Crippen molar-refractivity contribution in [1.82, 2.24) is 20.6 Å². The first-order chi connectivity index (χ1) is 15.2.